The van der Waals surface area contributed by atoms with Gasteiger partial charge in [0.05, 0.1) is 24.7 Å². The van der Waals surface area contributed by atoms with Gasteiger partial charge in [-0.3, -0.25) is 14.3 Å². The van der Waals surface area contributed by atoms with E-state index in [1.165, 1.54) is 0 Å². The van der Waals surface area contributed by atoms with Crippen LogP contribution < -0.4 is 9.64 Å². The molecule has 0 aliphatic carbocycles. The van der Waals surface area contributed by atoms with E-state index in [2.05, 4.69) is 36.3 Å². The Balaban J connectivity index is 1.36. The predicted molar refractivity (Wildman–Crippen MR) is 117 cm³/mol. The standard InChI is InChI=1S/C23H24N6O/c1-30-20-7-4-5-18(15-20)21-16-26-23-22(25-9-10-29(21)23)28-13-11-27(12-14-28)17-19-6-2-3-8-24-19/h2-10,15-16H,11-14,17H2,1H3. The Bertz CT molecular complexity index is 1130. The number of benzene rings is 1. The van der Waals surface area contributed by atoms with Gasteiger partial charge >= 0.3 is 0 Å². The number of anilines is 1. The first-order valence-corrected chi connectivity index (χ1v) is 10.2. The number of nitrogens with zero attached hydrogens (tertiary/aromatic N) is 6. The third-order valence-corrected chi connectivity index (χ3v) is 5.56. The first kappa shape index (κ1) is 18.6. The lowest BCUT2D eigenvalue weighted by atomic mass is 10.1. The highest BCUT2D eigenvalue weighted by Crippen LogP contribution is 2.28. The van der Waals surface area contributed by atoms with Crippen molar-refractivity contribution >= 4 is 11.5 Å². The topological polar surface area (TPSA) is 58.8 Å². The molecule has 7 heteroatoms. The van der Waals surface area contributed by atoms with Gasteiger partial charge in [0.1, 0.15) is 5.75 Å². The van der Waals surface area contributed by atoms with Crippen molar-refractivity contribution in [3.05, 3.63) is 72.9 Å². The Morgan fingerprint density at radius 3 is 2.63 bits per heavy atom. The molecule has 5 rings (SSSR count). The number of fused-ring (bicyclic) bond motifs is 1. The zero-order chi connectivity index (χ0) is 20.3. The summed E-state index contributed by atoms with van der Waals surface area (Å²) in [7, 11) is 1.68. The highest BCUT2D eigenvalue weighted by Gasteiger charge is 2.21. The Kier molecular flexibility index (Phi) is 5.03. The molecule has 1 aliphatic rings. The normalized spacial score (nSPS) is 14.9. The van der Waals surface area contributed by atoms with E-state index in [-0.39, 0.29) is 0 Å². The van der Waals surface area contributed by atoms with Gasteiger partial charge in [-0.05, 0) is 24.3 Å². The van der Waals surface area contributed by atoms with Crippen LogP contribution in [0.15, 0.2) is 67.3 Å². The van der Waals surface area contributed by atoms with Crippen molar-refractivity contribution in [3.63, 3.8) is 0 Å². The number of piperazine rings is 1. The zero-order valence-electron chi connectivity index (χ0n) is 17.0. The summed E-state index contributed by atoms with van der Waals surface area (Å²) in [6.45, 7) is 4.67. The number of aromatic nitrogens is 4. The van der Waals surface area contributed by atoms with Crippen LogP contribution in [0.1, 0.15) is 5.69 Å². The van der Waals surface area contributed by atoms with Gasteiger partial charge in [-0.1, -0.05) is 18.2 Å². The number of hydrogen-bond acceptors (Lipinski definition) is 6. The molecule has 0 spiro atoms. The van der Waals surface area contributed by atoms with Crippen molar-refractivity contribution in [1.82, 2.24) is 24.3 Å². The van der Waals surface area contributed by atoms with Crippen LogP contribution in [0.5, 0.6) is 5.75 Å². The molecule has 1 fully saturated rings. The summed E-state index contributed by atoms with van der Waals surface area (Å²) in [5.41, 5.74) is 4.09. The molecule has 30 heavy (non-hydrogen) atoms. The average Bonchev–Trinajstić information content (AvgIpc) is 3.25. The molecule has 4 aromatic rings. The third kappa shape index (κ3) is 3.59. The van der Waals surface area contributed by atoms with Gasteiger partial charge < -0.3 is 9.64 Å². The van der Waals surface area contributed by atoms with Gasteiger partial charge in [-0.25, -0.2) is 9.97 Å². The predicted octanol–water partition coefficient (Wildman–Crippen LogP) is 3.12. The maximum Gasteiger partial charge on any atom is 0.180 e. The second-order valence-electron chi connectivity index (χ2n) is 7.40. The smallest absolute Gasteiger partial charge is 0.180 e. The molecule has 0 unspecified atom stereocenters. The van der Waals surface area contributed by atoms with Crippen molar-refractivity contribution < 1.29 is 4.74 Å². The fraction of sp³-hybridized carbons (Fsp3) is 0.261. The lowest BCUT2D eigenvalue weighted by Crippen LogP contribution is -2.46. The molecule has 1 aromatic carbocycles. The minimum Gasteiger partial charge on any atom is -0.497 e. The van der Waals surface area contributed by atoms with Crippen LogP contribution in [0.2, 0.25) is 0 Å². The number of imidazole rings is 1. The number of hydrogen-bond donors (Lipinski definition) is 0. The van der Waals surface area contributed by atoms with Gasteiger partial charge in [0.15, 0.2) is 11.5 Å². The molecule has 3 aromatic heterocycles. The molecule has 0 N–H and O–H groups in total. The van der Waals surface area contributed by atoms with Crippen LogP contribution in [0.3, 0.4) is 0 Å². The van der Waals surface area contributed by atoms with Crippen molar-refractivity contribution in [3.8, 4) is 17.0 Å². The Hall–Kier alpha value is -3.45. The molecule has 4 heterocycles. The first-order valence-electron chi connectivity index (χ1n) is 10.2. The van der Waals surface area contributed by atoms with Crippen molar-refractivity contribution in [2.24, 2.45) is 0 Å². The summed E-state index contributed by atoms with van der Waals surface area (Å²) in [5, 5.41) is 0. The van der Waals surface area contributed by atoms with E-state index in [4.69, 9.17) is 9.72 Å². The number of methoxy groups -OCH3 is 1. The number of rotatable bonds is 5. The van der Waals surface area contributed by atoms with E-state index < -0.39 is 0 Å². The second kappa shape index (κ2) is 8.12. The van der Waals surface area contributed by atoms with Gasteiger partial charge in [-0.15, -0.1) is 0 Å². The summed E-state index contributed by atoms with van der Waals surface area (Å²) < 4.78 is 7.49. The van der Waals surface area contributed by atoms with Crippen LogP contribution in [-0.4, -0.2) is 57.5 Å². The quantitative estimate of drug-likeness (QED) is 0.513. The average molecular weight is 400 g/mol. The third-order valence-electron chi connectivity index (χ3n) is 5.56. The van der Waals surface area contributed by atoms with Crippen molar-refractivity contribution in [2.45, 2.75) is 6.54 Å². The van der Waals surface area contributed by atoms with E-state index in [9.17, 15) is 0 Å². The Labute approximate surface area is 175 Å². The summed E-state index contributed by atoms with van der Waals surface area (Å²) in [4.78, 5) is 18.6. The largest absolute Gasteiger partial charge is 0.497 e. The molecule has 1 saturated heterocycles. The van der Waals surface area contributed by atoms with Crippen LogP contribution >= 0.6 is 0 Å². The minimum absolute atomic E-state index is 0.834. The maximum atomic E-state index is 5.38. The summed E-state index contributed by atoms with van der Waals surface area (Å²) in [5.74, 6) is 1.77. The van der Waals surface area contributed by atoms with Crippen LogP contribution in [0, 0.1) is 0 Å². The molecule has 152 valence electrons. The zero-order valence-corrected chi connectivity index (χ0v) is 17.0. The summed E-state index contributed by atoms with van der Waals surface area (Å²) in [6, 6.07) is 14.1. The van der Waals surface area contributed by atoms with Crippen molar-refractivity contribution in [1.29, 1.82) is 0 Å². The molecule has 0 atom stereocenters. The fourth-order valence-electron chi connectivity index (χ4n) is 3.96. The molecule has 0 bridgehead atoms. The highest BCUT2D eigenvalue weighted by atomic mass is 16.5. The van der Waals surface area contributed by atoms with Gasteiger partial charge in [0.2, 0.25) is 0 Å². The van der Waals surface area contributed by atoms with E-state index in [0.29, 0.717) is 0 Å². The molecular weight excluding hydrogens is 376 g/mol. The van der Waals surface area contributed by atoms with Gasteiger partial charge in [0, 0.05) is 56.9 Å². The molecule has 7 nitrogen and oxygen atoms in total. The van der Waals surface area contributed by atoms with Crippen LogP contribution in [0.25, 0.3) is 16.9 Å². The SMILES string of the molecule is COc1cccc(-c2cnc3c(N4CCN(Cc5ccccn5)CC4)nccn23)c1. The van der Waals surface area contributed by atoms with Gasteiger partial charge in [-0.2, -0.15) is 0 Å². The Morgan fingerprint density at radius 2 is 1.83 bits per heavy atom. The van der Waals surface area contributed by atoms with Gasteiger partial charge in [0.25, 0.3) is 0 Å². The lowest BCUT2D eigenvalue weighted by molar-refractivity contribution is 0.246. The monoisotopic (exact) mass is 400 g/mol. The van der Waals surface area contributed by atoms with E-state index in [1.54, 1.807) is 7.11 Å². The van der Waals surface area contributed by atoms with Crippen LogP contribution in [-0.2, 0) is 6.54 Å². The summed E-state index contributed by atoms with van der Waals surface area (Å²) in [6.07, 6.45) is 7.59. The van der Waals surface area contributed by atoms with Crippen molar-refractivity contribution in [2.75, 3.05) is 38.2 Å². The molecule has 1 aliphatic heterocycles. The number of pyridine rings is 1. The fourth-order valence-corrected chi connectivity index (χ4v) is 3.96. The molecular formula is C23H24N6O. The second-order valence-corrected chi connectivity index (χ2v) is 7.40. The Morgan fingerprint density at radius 1 is 0.933 bits per heavy atom. The number of ether oxygens (including phenoxy) is 1. The van der Waals surface area contributed by atoms with E-state index in [0.717, 1.165) is 66.9 Å². The van der Waals surface area contributed by atoms with E-state index in [1.807, 2.05) is 55.1 Å². The first-order chi connectivity index (χ1) is 14.8. The highest BCUT2D eigenvalue weighted by molar-refractivity contribution is 5.72. The molecule has 0 amide bonds. The molecule has 0 saturated carbocycles. The van der Waals surface area contributed by atoms with Crippen LogP contribution in [0.4, 0.5) is 5.82 Å². The lowest BCUT2D eigenvalue weighted by Gasteiger charge is -2.35. The maximum absolute atomic E-state index is 5.38. The van der Waals surface area contributed by atoms with E-state index >= 15 is 0 Å². The molecule has 0 radical (unpaired) electrons. The summed E-state index contributed by atoms with van der Waals surface area (Å²) >= 11 is 0. The minimum atomic E-state index is 0.834.